The van der Waals surface area contributed by atoms with Gasteiger partial charge >= 0.3 is 0 Å². The van der Waals surface area contributed by atoms with Crippen molar-refractivity contribution in [3.63, 3.8) is 0 Å². The van der Waals surface area contributed by atoms with Crippen molar-refractivity contribution in [2.45, 2.75) is 52.0 Å². The summed E-state index contributed by atoms with van der Waals surface area (Å²) in [6, 6.07) is 26.4. The van der Waals surface area contributed by atoms with Crippen molar-refractivity contribution >= 4 is 23.0 Å². The van der Waals surface area contributed by atoms with Crippen molar-refractivity contribution in [1.82, 2.24) is 14.9 Å². The smallest absolute Gasteiger partial charge is 0.244 e. The molecule has 0 bridgehead atoms. The lowest BCUT2D eigenvalue weighted by Crippen LogP contribution is -2.24. The Balaban J connectivity index is 1.30. The number of aryl methyl sites for hydroxylation is 1. The predicted molar refractivity (Wildman–Crippen MR) is 152 cm³/mol. The minimum Gasteiger partial charge on any atom is -0.493 e. The zero-order chi connectivity index (χ0) is 25.9. The first-order chi connectivity index (χ1) is 18.2. The number of nitrogens with zero attached hydrogens (tertiary/aromatic N) is 2. The number of imidazole rings is 1. The summed E-state index contributed by atoms with van der Waals surface area (Å²) >= 11 is 0. The molecule has 4 rings (SSSR count). The molecule has 0 saturated heterocycles. The van der Waals surface area contributed by atoms with E-state index in [1.54, 1.807) is 6.08 Å². The third-order valence-corrected chi connectivity index (χ3v) is 6.70. The second-order valence-corrected chi connectivity index (χ2v) is 9.36. The van der Waals surface area contributed by atoms with Crippen LogP contribution in [0.5, 0.6) is 5.75 Å². The van der Waals surface area contributed by atoms with Gasteiger partial charge in [-0.1, -0.05) is 74.5 Å². The van der Waals surface area contributed by atoms with E-state index in [2.05, 4.69) is 54.1 Å². The maximum atomic E-state index is 12.3. The number of nitrogens with one attached hydrogen (secondary N) is 1. The summed E-state index contributed by atoms with van der Waals surface area (Å²) in [6.07, 6.45) is 7.14. The van der Waals surface area contributed by atoms with Crippen LogP contribution in [0.25, 0.3) is 17.1 Å². The van der Waals surface area contributed by atoms with E-state index in [0.717, 1.165) is 54.0 Å². The minimum absolute atomic E-state index is 0.0960. The lowest BCUT2D eigenvalue weighted by molar-refractivity contribution is -0.116. The van der Waals surface area contributed by atoms with E-state index in [1.807, 2.05) is 54.6 Å². The number of benzene rings is 3. The number of hydrogen-bond acceptors (Lipinski definition) is 3. The van der Waals surface area contributed by atoms with Gasteiger partial charge in [-0.05, 0) is 60.6 Å². The molecule has 0 spiro atoms. The second kappa shape index (κ2) is 13.4. The van der Waals surface area contributed by atoms with Gasteiger partial charge in [0.05, 0.1) is 17.6 Å². The first-order valence-electron chi connectivity index (χ1n) is 13.3. The number of carbonyl (C=O) groups excluding carboxylic acids is 1. The molecule has 0 aliphatic rings. The van der Waals surface area contributed by atoms with Gasteiger partial charge in [0, 0.05) is 25.6 Å². The summed E-state index contributed by atoms with van der Waals surface area (Å²) < 4.78 is 8.45. The number of carbonyl (C=O) groups is 1. The molecule has 1 heterocycles. The normalized spacial score (nSPS) is 12.2. The van der Waals surface area contributed by atoms with Gasteiger partial charge in [0.2, 0.25) is 5.91 Å². The van der Waals surface area contributed by atoms with E-state index < -0.39 is 0 Å². The first-order valence-corrected chi connectivity index (χ1v) is 13.3. The topological polar surface area (TPSA) is 56.1 Å². The molecule has 1 atom stereocenters. The fourth-order valence-electron chi connectivity index (χ4n) is 4.45. The Labute approximate surface area is 220 Å². The van der Waals surface area contributed by atoms with Crippen LogP contribution in [0.2, 0.25) is 0 Å². The number of rotatable bonds is 13. The third-order valence-electron chi connectivity index (χ3n) is 6.70. The van der Waals surface area contributed by atoms with E-state index in [-0.39, 0.29) is 5.91 Å². The molecule has 0 fully saturated rings. The molecule has 192 valence electrons. The Morgan fingerprint density at radius 1 is 1.00 bits per heavy atom. The van der Waals surface area contributed by atoms with Crippen molar-refractivity contribution in [3.8, 4) is 5.75 Å². The number of unbranched alkanes of at least 4 members (excludes halogenated alkanes) is 1. The quantitative estimate of drug-likeness (QED) is 0.164. The van der Waals surface area contributed by atoms with Crippen LogP contribution in [-0.4, -0.2) is 28.6 Å². The maximum absolute atomic E-state index is 12.3. The molecule has 1 N–H and O–H groups in total. The largest absolute Gasteiger partial charge is 0.493 e. The highest BCUT2D eigenvalue weighted by Gasteiger charge is 2.12. The van der Waals surface area contributed by atoms with Crippen LogP contribution >= 0.6 is 0 Å². The Morgan fingerprint density at radius 3 is 2.59 bits per heavy atom. The van der Waals surface area contributed by atoms with Gasteiger partial charge in [-0.3, -0.25) is 4.79 Å². The van der Waals surface area contributed by atoms with Crippen molar-refractivity contribution in [3.05, 3.63) is 102 Å². The summed E-state index contributed by atoms with van der Waals surface area (Å²) in [6.45, 7) is 6.56. The molecule has 0 radical (unpaired) electrons. The maximum Gasteiger partial charge on any atom is 0.244 e. The molecule has 37 heavy (non-hydrogen) atoms. The van der Waals surface area contributed by atoms with Gasteiger partial charge in [0.25, 0.3) is 0 Å². The molecule has 0 saturated carbocycles. The number of fused-ring (bicyclic) bond motifs is 1. The van der Waals surface area contributed by atoms with Crippen molar-refractivity contribution in [2.75, 3.05) is 13.2 Å². The molecule has 1 aromatic heterocycles. The van der Waals surface area contributed by atoms with Crippen LogP contribution in [0, 0.1) is 0 Å². The Kier molecular flexibility index (Phi) is 9.53. The van der Waals surface area contributed by atoms with Crippen LogP contribution in [0.3, 0.4) is 0 Å². The molecule has 0 aliphatic heterocycles. The van der Waals surface area contributed by atoms with E-state index in [0.29, 0.717) is 25.5 Å². The van der Waals surface area contributed by atoms with Gasteiger partial charge in [-0.15, -0.1) is 0 Å². The molecule has 4 aromatic rings. The van der Waals surface area contributed by atoms with E-state index >= 15 is 0 Å². The zero-order valence-corrected chi connectivity index (χ0v) is 21.9. The SMILES string of the molecule is CCC(C)c1ccccc1OCCCCn1c(CCNC(=O)/C=C/c2ccccc2)nc2ccccc21. The van der Waals surface area contributed by atoms with Crippen LogP contribution in [0.4, 0.5) is 0 Å². The average Bonchev–Trinajstić information content (AvgIpc) is 3.29. The Morgan fingerprint density at radius 2 is 1.76 bits per heavy atom. The highest BCUT2D eigenvalue weighted by molar-refractivity contribution is 5.91. The van der Waals surface area contributed by atoms with Crippen LogP contribution in [0.15, 0.2) is 84.9 Å². The number of amides is 1. The molecule has 0 aliphatic carbocycles. The summed E-state index contributed by atoms with van der Waals surface area (Å²) in [5.41, 5.74) is 4.42. The molecule has 1 unspecified atom stereocenters. The fourth-order valence-corrected chi connectivity index (χ4v) is 4.45. The highest BCUT2D eigenvalue weighted by atomic mass is 16.5. The molecular weight excluding hydrogens is 458 g/mol. The van der Waals surface area contributed by atoms with E-state index in [4.69, 9.17) is 9.72 Å². The fraction of sp³-hybridized carbons (Fsp3) is 0.312. The zero-order valence-electron chi connectivity index (χ0n) is 21.9. The minimum atomic E-state index is -0.0960. The Hall–Kier alpha value is -3.86. The van der Waals surface area contributed by atoms with Gasteiger partial charge in [-0.25, -0.2) is 4.98 Å². The molecule has 3 aromatic carbocycles. The van der Waals surface area contributed by atoms with Gasteiger partial charge in [0.15, 0.2) is 0 Å². The van der Waals surface area contributed by atoms with Crippen LogP contribution in [-0.2, 0) is 17.8 Å². The first kappa shape index (κ1) is 26.2. The number of para-hydroxylation sites is 3. The van der Waals surface area contributed by atoms with Gasteiger partial charge in [0.1, 0.15) is 11.6 Å². The molecule has 5 nitrogen and oxygen atoms in total. The van der Waals surface area contributed by atoms with Crippen LogP contribution in [0.1, 0.15) is 56.0 Å². The Bertz CT molecular complexity index is 1310. The summed E-state index contributed by atoms with van der Waals surface area (Å²) in [4.78, 5) is 17.1. The van der Waals surface area contributed by atoms with Crippen LogP contribution < -0.4 is 10.1 Å². The molecular formula is C32H37N3O2. The molecule has 1 amide bonds. The number of aromatic nitrogens is 2. The van der Waals surface area contributed by atoms with Crippen molar-refractivity contribution in [1.29, 1.82) is 0 Å². The van der Waals surface area contributed by atoms with E-state index in [1.165, 1.54) is 5.56 Å². The second-order valence-electron chi connectivity index (χ2n) is 9.36. The third kappa shape index (κ3) is 7.32. The lowest BCUT2D eigenvalue weighted by atomic mass is 9.98. The lowest BCUT2D eigenvalue weighted by Gasteiger charge is -2.16. The van der Waals surface area contributed by atoms with Gasteiger partial charge < -0.3 is 14.6 Å². The summed E-state index contributed by atoms with van der Waals surface area (Å²) in [5, 5.41) is 2.99. The summed E-state index contributed by atoms with van der Waals surface area (Å²) in [5.74, 6) is 2.39. The standard InChI is InChI=1S/C32H37N3O2/c1-3-25(2)27-15-7-10-18-30(27)37-24-12-11-23-35-29-17-9-8-16-28(29)34-31(35)21-22-33-32(36)20-19-26-13-5-4-6-14-26/h4-10,13-20,25H,3,11-12,21-24H2,1-2H3,(H,33,36)/b20-19+. The van der Waals surface area contributed by atoms with Crippen molar-refractivity contribution < 1.29 is 9.53 Å². The predicted octanol–water partition coefficient (Wildman–Crippen LogP) is 6.78. The van der Waals surface area contributed by atoms with E-state index in [9.17, 15) is 4.79 Å². The molecule has 5 heteroatoms. The number of hydrogen-bond donors (Lipinski definition) is 1. The highest BCUT2D eigenvalue weighted by Crippen LogP contribution is 2.28. The average molecular weight is 496 g/mol. The van der Waals surface area contributed by atoms with Crippen molar-refractivity contribution in [2.24, 2.45) is 0 Å². The monoisotopic (exact) mass is 495 g/mol. The van der Waals surface area contributed by atoms with Gasteiger partial charge in [-0.2, -0.15) is 0 Å². The number of ether oxygens (including phenoxy) is 1. The summed E-state index contributed by atoms with van der Waals surface area (Å²) in [7, 11) is 0.